The zero-order valence-electron chi connectivity index (χ0n) is 11.6. The maximum atomic E-state index is 11.9. The number of amides is 1. The van der Waals surface area contributed by atoms with E-state index in [1.807, 2.05) is 0 Å². The molecule has 4 N–H and O–H groups in total. The molecule has 1 atom stereocenters. The number of carbonyl (C=O) groups excluding carboxylic acids is 1. The third kappa shape index (κ3) is 5.09. The first-order valence-electron chi connectivity index (χ1n) is 6.57. The number of carbonyl (C=O) groups is 2. The van der Waals surface area contributed by atoms with Gasteiger partial charge in [-0.3, -0.25) is 4.79 Å². The second-order valence-electron chi connectivity index (χ2n) is 5.61. The van der Waals surface area contributed by atoms with Gasteiger partial charge in [0, 0.05) is 12.7 Å². The Morgan fingerprint density at radius 1 is 1.40 bits per heavy atom. The van der Waals surface area contributed by atoms with Crippen LogP contribution in [0.15, 0.2) is 0 Å². The van der Waals surface area contributed by atoms with Crippen LogP contribution in [-0.4, -0.2) is 50.0 Å². The van der Waals surface area contributed by atoms with Crippen LogP contribution in [0.2, 0.25) is 0 Å². The van der Waals surface area contributed by atoms with Gasteiger partial charge < -0.3 is 16.2 Å². The number of carboxylic acids is 1. The zero-order chi connectivity index (χ0) is 15.4. The van der Waals surface area contributed by atoms with Gasteiger partial charge in [0.2, 0.25) is 5.91 Å². The van der Waals surface area contributed by atoms with Crippen LogP contribution < -0.4 is 11.1 Å². The number of nitrogens with one attached hydrogen (secondary N) is 1. The van der Waals surface area contributed by atoms with Crippen LogP contribution in [0, 0.1) is 5.41 Å². The van der Waals surface area contributed by atoms with Crippen molar-refractivity contribution in [3.8, 4) is 0 Å². The molecule has 1 saturated carbocycles. The Bertz CT molecular complexity index is 465. The first kappa shape index (κ1) is 16.9. The van der Waals surface area contributed by atoms with Crippen molar-refractivity contribution in [1.29, 1.82) is 0 Å². The highest BCUT2D eigenvalue weighted by Gasteiger charge is 2.38. The highest BCUT2D eigenvalue weighted by molar-refractivity contribution is 7.90. The summed E-state index contributed by atoms with van der Waals surface area (Å²) in [6.07, 6.45) is 3.88. The van der Waals surface area contributed by atoms with Gasteiger partial charge in [-0.15, -0.1) is 0 Å². The molecule has 1 aliphatic carbocycles. The molecule has 0 bridgehead atoms. The summed E-state index contributed by atoms with van der Waals surface area (Å²) in [6, 6.07) is -1.17. The number of carboxylic acid groups (broad SMARTS) is 1. The van der Waals surface area contributed by atoms with E-state index in [4.69, 9.17) is 10.8 Å². The summed E-state index contributed by atoms with van der Waals surface area (Å²) in [5, 5.41) is 11.4. The fourth-order valence-corrected chi connectivity index (χ4v) is 2.97. The predicted molar refractivity (Wildman–Crippen MR) is 73.8 cm³/mol. The quantitative estimate of drug-likeness (QED) is 0.555. The van der Waals surface area contributed by atoms with E-state index in [-0.39, 0.29) is 29.9 Å². The monoisotopic (exact) mass is 306 g/mol. The lowest BCUT2D eigenvalue weighted by Gasteiger charge is -2.40. The van der Waals surface area contributed by atoms with Crippen molar-refractivity contribution < 1.29 is 23.1 Å². The summed E-state index contributed by atoms with van der Waals surface area (Å²) < 4.78 is 22.1. The van der Waals surface area contributed by atoms with Gasteiger partial charge in [-0.05, 0) is 31.2 Å². The molecule has 0 heterocycles. The molecular weight excluding hydrogens is 284 g/mol. The van der Waals surface area contributed by atoms with Crippen LogP contribution in [0.3, 0.4) is 0 Å². The molecule has 20 heavy (non-hydrogen) atoms. The van der Waals surface area contributed by atoms with Gasteiger partial charge in [0.1, 0.15) is 15.9 Å². The molecule has 0 aromatic rings. The van der Waals surface area contributed by atoms with Gasteiger partial charge >= 0.3 is 5.97 Å². The van der Waals surface area contributed by atoms with Crippen molar-refractivity contribution in [2.45, 2.75) is 38.1 Å². The maximum absolute atomic E-state index is 11.9. The summed E-state index contributed by atoms with van der Waals surface area (Å²) in [5.74, 6) is -1.87. The molecule has 0 aromatic carbocycles. The number of nitrogens with two attached hydrogens (primary N) is 1. The largest absolute Gasteiger partial charge is 0.480 e. The first-order chi connectivity index (χ1) is 9.17. The van der Waals surface area contributed by atoms with Crippen molar-refractivity contribution in [2.75, 3.05) is 18.6 Å². The van der Waals surface area contributed by atoms with Gasteiger partial charge in [0.25, 0.3) is 0 Å². The Kier molecular flexibility index (Phi) is 5.52. The maximum Gasteiger partial charge on any atom is 0.326 e. The van der Waals surface area contributed by atoms with Gasteiger partial charge in [-0.1, -0.05) is 6.42 Å². The lowest BCUT2D eigenvalue weighted by Crippen LogP contribution is -2.46. The molecule has 0 aromatic heterocycles. The molecule has 0 radical (unpaired) electrons. The number of sulfone groups is 1. The lowest BCUT2D eigenvalue weighted by atomic mass is 9.66. The number of rotatable bonds is 8. The fourth-order valence-electron chi connectivity index (χ4n) is 2.31. The van der Waals surface area contributed by atoms with Gasteiger partial charge in [0.05, 0.1) is 5.75 Å². The molecule has 0 aliphatic heterocycles. The molecule has 1 fully saturated rings. The Labute approximate surface area is 118 Å². The van der Waals surface area contributed by atoms with Crippen molar-refractivity contribution in [2.24, 2.45) is 11.1 Å². The van der Waals surface area contributed by atoms with Gasteiger partial charge in [-0.25, -0.2) is 13.2 Å². The van der Waals surface area contributed by atoms with E-state index in [9.17, 15) is 18.0 Å². The summed E-state index contributed by atoms with van der Waals surface area (Å²) in [7, 11) is -3.26. The third-order valence-corrected chi connectivity index (χ3v) is 4.77. The van der Waals surface area contributed by atoms with Gasteiger partial charge in [-0.2, -0.15) is 0 Å². The normalized spacial score (nSPS) is 18.9. The Hall–Kier alpha value is -1.15. The highest BCUT2D eigenvalue weighted by Crippen LogP contribution is 2.42. The topological polar surface area (TPSA) is 127 Å². The average Bonchev–Trinajstić information content (AvgIpc) is 2.27. The van der Waals surface area contributed by atoms with Crippen molar-refractivity contribution >= 4 is 21.7 Å². The molecule has 0 saturated heterocycles. The fraction of sp³-hybridized carbons (Fsp3) is 0.833. The van der Waals surface area contributed by atoms with E-state index in [0.29, 0.717) is 6.54 Å². The van der Waals surface area contributed by atoms with Crippen LogP contribution in [0.4, 0.5) is 0 Å². The minimum Gasteiger partial charge on any atom is -0.480 e. The molecule has 1 unspecified atom stereocenters. The molecule has 1 amide bonds. The minimum atomic E-state index is -3.26. The van der Waals surface area contributed by atoms with Crippen LogP contribution in [0.5, 0.6) is 0 Å². The Morgan fingerprint density at radius 3 is 2.35 bits per heavy atom. The number of hydrogen-bond acceptors (Lipinski definition) is 5. The van der Waals surface area contributed by atoms with Crippen LogP contribution in [0.25, 0.3) is 0 Å². The van der Waals surface area contributed by atoms with E-state index < -0.39 is 21.8 Å². The number of aliphatic carboxylic acids is 1. The molecule has 0 spiro atoms. The molecule has 1 aliphatic rings. The van der Waals surface area contributed by atoms with Crippen molar-refractivity contribution in [1.82, 2.24) is 5.32 Å². The zero-order valence-corrected chi connectivity index (χ0v) is 12.4. The standard InChI is InChI=1S/C12H22N2O5S/c1-20(18,19)6-3-9(11(16)17)14-10(15)7-12(8-13)4-2-5-12/h9H,2-8,13H2,1H3,(H,14,15)(H,16,17). The first-order valence-corrected chi connectivity index (χ1v) is 8.63. The second kappa shape index (κ2) is 6.53. The van der Waals surface area contributed by atoms with E-state index in [1.54, 1.807) is 0 Å². The average molecular weight is 306 g/mol. The van der Waals surface area contributed by atoms with E-state index in [0.717, 1.165) is 25.5 Å². The SMILES string of the molecule is CS(=O)(=O)CCC(NC(=O)CC1(CN)CCC1)C(=O)O. The lowest BCUT2D eigenvalue weighted by molar-refractivity contribution is -0.142. The molecule has 1 rings (SSSR count). The summed E-state index contributed by atoms with van der Waals surface area (Å²) in [4.78, 5) is 22.9. The third-order valence-electron chi connectivity index (χ3n) is 3.79. The summed E-state index contributed by atoms with van der Waals surface area (Å²) in [6.45, 7) is 0.404. The second-order valence-corrected chi connectivity index (χ2v) is 7.87. The Morgan fingerprint density at radius 2 is 2.00 bits per heavy atom. The number of hydrogen-bond donors (Lipinski definition) is 3. The van der Waals surface area contributed by atoms with E-state index in [1.165, 1.54) is 0 Å². The van der Waals surface area contributed by atoms with Crippen LogP contribution in [0.1, 0.15) is 32.1 Å². The summed E-state index contributed by atoms with van der Waals surface area (Å²) in [5.41, 5.74) is 5.44. The van der Waals surface area contributed by atoms with Crippen LogP contribution >= 0.6 is 0 Å². The molecule has 7 nitrogen and oxygen atoms in total. The molecular formula is C12H22N2O5S. The highest BCUT2D eigenvalue weighted by atomic mass is 32.2. The molecule has 8 heteroatoms. The van der Waals surface area contributed by atoms with Crippen molar-refractivity contribution in [3.63, 3.8) is 0 Å². The smallest absolute Gasteiger partial charge is 0.326 e. The van der Waals surface area contributed by atoms with Gasteiger partial charge in [0.15, 0.2) is 0 Å². The summed E-state index contributed by atoms with van der Waals surface area (Å²) >= 11 is 0. The van der Waals surface area contributed by atoms with E-state index in [2.05, 4.69) is 5.32 Å². The van der Waals surface area contributed by atoms with E-state index >= 15 is 0 Å². The minimum absolute atomic E-state index is 0.129. The predicted octanol–water partition coefficient (Wildman–Crippen LogP) is -0.490. The molecule has 116 valence electrons. The van der Waals surface area contributed by atoms with Crippen LogP contribution in [-0.2, 0) is 19.4 Å². The van der Waals surface area contributed by atoms with Crippen molar-refractivity contribution in [3.05, 3.63) is 0 Å². The Balaban J connectivity index is 2.53.